The highest BCUT2D eigenvalue weighted by atomic mass is 127. The number of nitrogens with zero attached hydrogens (tertiary/aromatic N) is 4. The summed E-state index contributed by atoms with van der Waals surface area (Å²) in [5, 5.41) is 10.9. The third kappa shape index (κ3) is 3.82. The van der Waals surface area contributed by atoms with Crippen LogP contribution < -0.4 is 10.9 Å². The number of hydrogen-bond acceptors (Lipinski definition) is 5. The highest BCUT2D eigenvalue weighted by molar-refractivity contribution is 14.1. The van der Waals surface area contributed by atoms with Gasteiger partial charge in [-0.05, 0) is 75.8 Å². The number of amides is 2. The van der Waals surface area contributed by atoms with E-state index in [-0.39, 0.29) is 5.91 Å². The minimum Gasteiger partial charge on any atom is -0.267 e. The van der Waals surface area contributed by atoms with E-state index in [1.54, 1.807) is 36.4 Å². The van der Waals surface area contributed by atoms with Gasteiger partial charge in [0.2, 0.25) is 0 Å². The van der Waals surface area contributed by atoms with Crippen molar-refractivity contribution in [1.82, 2.24) is 31.1 Å². The first-order valence-electron chi connectivity index (χ1n) is 7.25. The number of carbonyl (C=O) groups is 2. The molecule has 8 nitrogen and oxygen atoms in total. The van der Waals surface area contributed by atoms with Gasteiger partial charge < -0.3 is 0 Å². The Bertz CT molecular complexity index is 909. The van der Waals surface area contributed by atoms with Gasteiger partial charge in [0.05, 0.1) is 11.3 Å². The Labute approximate surface area is 156 Å². The van der Waals surface area contributed by atoms with Crippen molar-refractivity contribution in [3.8, 4) is 5.69 Å². The molecule has 0 aliphatic heterocycles. The zero-order valence-corrected chi connectivity index (χ0v) is 15.3. The lowest BCUT2D eigenvalue weighted by atomic mass is 10.1. The highest BCUT2D eigenvalue weighted by Crippen LogP contribution is 2.16. The molecule has 9 heteroatoms. The first-order chi connectivity index (χ1) is 12.1. The summed E-state index contributed by atoms with van der Waals surface area (Å²) in [5.74, 6) is -0.786. The normalized spacial score (nSPS) is 10.3. The molecule has 0 saturated carbocycles. The van der Waals surface area contributed by atoms with Crippen LogP contribution in [0.25, 0.3) is 5.69 Å². The first kappa shape index (κ1) is 17.0. The lowest BCUT2D eigenvalue weighted by Gasteiger charge is -2.10. The number of carbonyl (C=O) groups excluding carboxylic acids is 2. The molecule has 0 spiro atoms. The maximum absolute atomic E-state index is 12.2. The smallest absolute Gasteiger partial charge is 0.267 e. The molecule has 1 aromatic heterocycles. The van der Waals surface area contributed by atoms with Crippen LogP contribution in [0.2, 0.25) is 0 Å². The van der Waals surface area contributed by atoms with Crippen molar-refractivity contribution in [1.29, 1.82) is 0 Å². The molecule has 2 N–H and O–H groups in total. The molecule has 3 aromatic rings. The van der Waals surface area contributed by atoms with E-state index in [0.717, 1.165) is 14.8 Å². The summed E-state index contributed by atoms with van der Waals surface area (Å²) in [6.07, 6.45) is 1.46. The molecule has 0 radical (unpaired) electrons. The van der Waals surface area contributed by atoms with Gasteiger partial charge in [0.15, 0.2) is 0 Å². The van der Waals surface area contributed by atoms with E-state index in [1.165, 1.54) is 11.0 Å². The Kier molecular flexibility index (Phi) is 5.03. The number of nitrogens with one attached hydrogen (secondary N) is 2. The van der Waals surface area contributed by atoms with Crippen LogP contribution in [0.5, 0.6) is 0 Å². The van der Waals surface area contributed by atoms with E-state index < -0.39 is 5.91 Å². The summed E-state index contributed by atoms with van der Waals surface area (Å²) >= 11 is 2.11. The average Bonchev–Trinajstić information content (AvgIpc) is 3.16. The van der Waals surface area contributed by atoms with Crippen LogP contribution in [0, 0.1) is 10.5 Å². The van der Waals surface area contributed by atoms with Crippen LogP contribution in [0.4, 0.5) is 0 Å². The SMILES string of the molecule is Cc1cccc(C(=O)NNC(=O)c2ccc(-n3cnnn3)cc2)c1I. The van der Waals surface area contributed by atoms with E-state index in [2.05, 4.69) is 49.0 Å². The van der Waals surface area contributed by atoms with Gasteiger partial charge in [0.1, 0.15) is 6.33 Å². The Morgan fingerprint density at radius 3 is 2.44 bits per heavy atom. The fourth-order valence-corrected chi connectivity index (χ4v) is 2.73. The molecular formula is C16H13IN6O2. The molecule has 0 unspecified atom stereocenters. The number of aromatic nitrogens is 4. The summed E-state index contributed by atoms with van der Waals surface area (Å²) in [6, 6.07) is 12.1. The van der Waals surface area contributed by atoms with Crippen molar-refractivity contribution >= 4 is 34.4 Å². The summed E-state index contributed by atoms with van der Waals surface area (Å²) in [7, 11) is 0. The molecule has 2 aromatic carbocycles. The maximum Gasteiger partial charge on any atom is 0.270 e. The Morgan fingerprint density at radius 1 is 1.04 bits per heavy atom. The molecule has 0 fully saturated rings. The number of benzene rings is 2. The van der Waals surface area contributed by atoms with Crippen LogP contribution in [0.15, 0.2) is 48.8 Å². The monoisotopic (exact) mass is 448 g/mol. The lowest BCUT2D eigenvalue weighted by Crippen LogP contribution is -2.41. The van der Waals surface area contributed by atoms with Gasteiger partial charge in [-0.3, -0.25) is 20.4 Å². The molecule has 0 aliphatic carbocycles. The average molecular weight is 448 g/mol. The third-order valence-electron chi connectivity index (χ3n) is 3.47. The van der Waals surface area contributed by atoms with Gasteiger partial charge in [-0.15, -0.1) is 5.10 Å². The van der Waals surface area contributed by atoms with Gasteiger partial charge >= 0.3 is 0 Å². The van der Waals surface area contributed by atoms with E-state index in [9.17, 15) is 9.59 Å². The minimum atomic E-state index is -0.417. The zero-order valence-electron chi connectivity index (χ0n) is 13.1. The molecule has 0 bridgehead atoms. The van der Waals surface area contributed by atoms with Crippen molar-refractivity contribution < 1.29 is 9.59 Å². The zero-order chi connectivity index (χ0) is 17.8. The molecule has 3 rings (SSSR count). The van der Waals surface area contributed by atoms with Crippen molar-refractivity contribution in [3.05, 3.63) is 69.1 Å². The number of halogens is 1. The molecule has 2 amide bonds. The quantitative estimate of drug-likeness (QED) is 0.469. The largest absolute Gasteiger partial charge is 0.270 e. The second-order valence-corrected chi connectivity index (χ2v) is 6.22. The predicted octanol–water partition coefficient (Wildman–Crippen LogP) is 1.65. The number of aryl methyl sites for hydroxylation is 1. The highest BCUT2D eigenvalue weighted by Gasteiger charge is 2.13. The van der Waals surface area contributed by atoms with E-state index in [0.29, 0.717) is 11.1 Å². The minimum absolute atomic E-state index is 0.369. The van der Waals surface area contributed by atoms with Gasteiger partial charge in [0.25, 0.3) is 11.8 Å². The molecular weight excluding hydrogens is 435 g/mol. The van der Waals surface area contributed by atoms with E-state index >= 15 is 0 Å². The Morgan fingerprint density at radius 2 is 1.76 bits per heavy atom. The Balaban J connectivity index is 1.64. The predicted molar refractivity (Wildman–Crippen MR) is 98.0 cm³/mol. The van der Waals surface area contributed by atoms with Crippen LogP contribution in [-0.4, -0.2) is 32.0 Å². The van der Waals surface area contributed by atoms with Crippen LogP contribution in [0.3, 0.4) is 0 Å². The van der Waals surface area contributed by atoms with Gasteiger partial charge in [-0.2, -0.15) is 0 Å². The van der Waals surface area contributed by atoms with Gasteiger partial charge in [-0.1, -0.05) is 12.1 Å². The molecule has 1 heterocycles. The molecule has 126 valence electrons. The fourth-order valence-electron chi connectivity index (χ4n) is 2.12. The third-order valence-corrected chi connectivity index (χ3v) is 4.90. The number of hydrazine groups is 1. The number of tetrazole rings is 1. The first-order valence-corrected chi connectivity index (χ1v) is 8.33. The van der Waals surface area contributed by atoms with Crippen molar-refractivity contribution in [2.45, 2.75) is 6.92 Å². The van der Waals surface area contributed by atoms with Crippen LogP contribution in [-0.2, 0) is 0 Å². The Hall–Kier alpha value is -2.82. The second-order valence-electron chi connectivity index (χ2n) is 5.15. The molecule has 25 heavy (non-hydrogen) atoms. The maximum atomic E-state index is 12.2. The fraction of sp³-hybridized carbons (Fsp3) is 0.0625. The lowest BCUT2D eigenvalue weighted by molar-refractivity contribution is 0.0846. The summed E-state index contributed by atoms with van der Waals surface area (Å²) in [5.41, 5.74) is 7.46. The van der Waals surface area contributed by atoms with E-state index in [4.69, 9.17) is 0 Å². The molecule has 0 aliphatic rings. The van der Waals surface area contributed by atoms with Gasteiger partial charge in [-0.25, -0.2) is 4.68 Å². The number of hydrogen-bond donors (Lipinski definition) is 2. The van der Waals surface area contributed by atoms with Crippen molar-refractivity contribution in [2.24, 2.45) is 0 Å². The topological polar surface area (TPSA) is 102 Å². The van der Waals surface area contributed by atoms with Crippen LogP contribution in [0.1, 0.15) is 26.3 Å². The van der Waals surface area contributed by atoms with E-state index in [1.807, 2.05) is 13.0 Å². The standard InChI is InChI=1S/C16H13IN6O2/c1-10-3-2-4-13(14(10)17)16(25)20-19-15(24)11-5-7-12(8-6-11)23-9-18-21-22-23/h2-9H,1H3,(H,19,24)(H,20,25). The number of rotatable bonds is 3. The van der Waals surface area contributed by atoms with Crippen molar-refractivity contribution in [2.75, 3.05) is 0 Å². The van der Waals surface area contributed by atoms with Crippen LogP contribution >= 0.6 is 22.6 Å². The molecule has 0 atom stereocenters. The molecule has 0 saturated heterocycles. The van der Waals surface area contributed by atoms with Gasteiger partial charge in [0, 0.05) is 9.13 Å². The summed E-state index contributed by atoms with van der Waals surface area (Å²) in [4.78, 5) is 24.4. The second kappa shape index (κ2) is 7.38. The summed E-state index contributed by atoms with van der Waals surface area (Å²) < 4.78 is 2.32. The summed E-state index contributed by atoms with van der Waals surface area (Å²) in [6.45, 7) is 1.92. The van der Waals surface area contributed by atoms with Crippen molar-refractivity contribution in [3.63, 3.8) is 0 Å².